The molecule has 2 aliphatic heterocycles. The van der Waals surface area contributed by atoms with Crippen LogP contribution in [0.2, 0.25) is 0 Å². The Labute approximate surface area is 125 Å². The smallest absolute Gasteiger partial charge is 0.132 e. The van der Waals surface area contributed by atoms with Gasteiger partial charge in [0.25, 0.3) is 0 Å². The first-order chi connectivity index (χ1) is 10.7. The summed E-state index contributed by atoms with van der Waals surface area (Å²) in [6.45, 7) is 0. The normalized spacial score (nSPS) is 24.5. The second kappa shape index (κ2) is 4.88. The van der Waals surface area contributed by atoms with Gasteiger partial charge in [0, 0.05) is 6.42 Å². The van der Waals surface area contributed by atoms with E-state index in [-0.39, 0.29) is 16.2 Å². The molecule has 0 saturated heterocycles. The lowest BCUT2D eigenvalue weighted by molar-refractivity contribution is -0.218. The minimum absolute atomic E-state index is 0.218. The predicted molar refractivity (Wildman–Crippen MR) is 77.3 cm³/mol. The van der Waals surface area contributed by atoms with Crippen LogP contribution in [0.25, 0.3) is 0 Å². The van der Waals surface area contributed by atoms with Crippen molar-refractivity contribution < 1.29 is 9.88 Å². The van der Waals surface area contributed by atoms with Gasteiger partial charge in [0.05, 0.1) is 11.4 Å². The molecule has 22 heavy (non-hydrogen) atoms. The first kappa shape index (κ1) is 12.9. The summed E-state index contributed by atoms with van der Waals surface area (Å²) in [5.74, 6) is 0. The molecular formula is C14H10N4O4-2. The molecule has 0 aromatic carbocycles. The summed E-state index contributed by atoms with van der Waals surface area (Å²) in [6, 6.07) is 0. The lowest BCUT2D eigenvalue weighted by Gasteiger charge is -2.28. The largest absolute Gasteiger partial charge is 0.732 e. The van der Waals surface area contributed by atoms with Crippen molar-refractivity contribution in [3.8, 4) is 0 Å². The minimum atomic E-state index is 0.218. The van der Waals surface area contributed by atoms with Crippen LogP contribution in [0.4, 0.5) is 0 Å². The van der Waals surface area contributed by atoms with E-state index in [2.05, 4.69) is 15.6 Å². The molecule has 0 spiro atoms. The molecule has 4 aliphatic rings. The van der Waals surface area contributed by atoms with Gasteiger partial charge in [-0.05, 0) is 29.4 Å². The van der Waals surface area contributed by atoms with Crippen molar-refractivity contribution in [2.75, 3.05) is 0 Å². The fourth-order valence-electron chi connectivity index (χ4n) is 2.39. The van der Waals surface area contributed by atoms with E-state index in [1.807, 2.05) is 30.4 Å². The van der Waals surface area contributed by atoms with Crippen molar-refractivity contribution in [3.05, 3.63) is 81.2 Å². The molecule has 8 heteroatoms. The SMILES string of the molecule is [O-]N1ON([O-])C2=C1C=C/C(=C/C1=CC=C3NON=C3C=C1)C2. The molecule has 0 amide bonds. The Bertz CT molecular complexity index is 742. The Kier molecular flexibility index (Phi) is 2.86. The van der Waals surface area contributed by atoms with Crippen molar-refractivity contribution in [3.63, 3.8) is 0 Å². The average Bonchev–Trinajstić information content (AvgIpc) is 3.01. The highest BCUT2D eigenvalue weighted by Crippen LogP contribution is 2.33. The topological polar surface area (TPSA) is 95.5 Å². The van der Waals surface area contributed by atoms with Gasteiger partial charge in [-0.15, -0.1) is 0 Å². The number of hydroxylamine groups is 5. The molecule has 0 radical (unpaired) electrons. The molecular weight excluding hydrogens is 288 g/mol. The van der Waals surface area contributed by atoms with E-state index >= 15 is 0 Å². The maximum atomic E-state index is 11.5. The summed E-state index contributed by atoms with van der Waals surface area (Å²) in [5.41, 5.74) is 6.55. The monoisotopic (exact) mass is 298 g/mol. The fourth-order valence-corrected chi connectivity index (χ4v) is 2.39. The van der Waals surface area contributed by atoms with E-state index in [9.17, 15) is 10.4 Å². The van der Waals surface area contributed by atoms with Crippen molar-refractivity contribution in [2.24, 2.45) is 5.16 Å². The van der Waals surface area contributed by atoms with Gasteiger partial charge in [0.2, 0.25) is 0 Å². The Balaban J connectivity index is 1.58. The molecule has 1 N–H and O–H groups in total. The summed E-state index contributed by atoms with van der Waals surface area (Å²) in [7, 11) is 0. The van der Waals surface area contributed by atoms with Crippen LogP contribution in [-0.4, -0.2) is 16.2 Å². The predicted octanol–water partition coefficient (Wildman–Crippen LogP) is 1.81. The molecule has 2 aliphatic carbocycles. The zero-order chi connectivity index (χ0) is 15.1. The van der Waals surface area contributed by atoms with E-state index in [1.54, 1.807) is 12.2 Å². The van der Waals surface area contributed by atoms with E-state index in [1.165, 1.54) is 0 Å². The van der Waals surface area contributed by atoms with Crippen LogP contribution in [0.5, 0.6) is 0 Å². The first-order valence-corrected chi connectivity index (χ1v) is 6.55. The average molecular weight is 298 g/mol. The van der Waals surface area contributed by atoms with Gasteiger partial charge >= 0.3 is 0 Å². The van der Waals surface area contributed by atoms with Gasteiger partial charge in [0.1, 0.15) is 11.4 Å². The second-order valence-corrected chi connectivity index (χ2v) is 4.91. The van der Waals surface area contributed by atoms with Crippen LogP contribution < -0.4 is 5.48 Å². The molecule has 0 atom stereocenters. The number of rotatable bonds is 1. The van der Waals surface area contributed by atoms with Gasteiger partial charge in [-0.25, -0.2) is 0 Å². The highest BCUT2D eigenvalue weighted by atomic mass is 17.1. The number of oxime groups is 1. The third kappa shape index (κ3) is 2.11. The quantitative estimate of drug-likeness (QED) is 0.788. The summed E-state index contributed by atoms with van der Waals surface area (Å²) in [6.07, 6.45) is 13.1. The molecule has 4 rings (SSSR count). The highest BCUT2D eigenvalue weighted by molar-refractivity contribution is 6.09. The standard InChI is InChI=1S/C14H10N4O4/c19-17-13-6-3-10(8-14(13)18(20)22-17)7-9-1-4-11-12(5-2-9)16-21-15-11/h1-7,15H,8H2/q-2/b10-7-. The zero-order valence-corrected chi connectivity index (χ0v) is 11.2. The zero-order valence-electron chi connectivity index (χ0n) is 11.2. The van der Waals surface area contributed by atoms with Gasteiger partial charge in [-0.1, -0.05) is 29.5 Å². The molecule has 8 nitrogen and oxygen atoms in total. The Hall–Kier alpha value is -2.81. The summed E-state index contributed by atoms with van der Waals surface area (Å²) in [4.78, 5) is 9.21. The Morgan fingerprint density at radius 2 is 2.05 bits per heavy atom. The highest BCUT2D eigenvalue weighted by Gasteiger charge is 2.22. The van der Waals surface area contributed by atoms with Crippen molar-refractivity contribution in [1.82, 2.24) is 15.9 Å². The number of nitrogens with one attached hydrogen (secondary N) is 1. The second-order valence-electron chi connectivity index (χ2n) is 4.91. The van der Waals surface area contributed by atoms with Gasteiger partial charge in [-0.2, -0.15) is 10.4 Å². The van der Waals surface area contributed by atoms with Gasteiger partial charge in [-0.3, -0.25) is 15.4 Å². The van der Waals surface area contributed by atoms with Crippen molar-refractivity contribution >= 4 is 5.71 Å². The van der Waals surface area contributed by atoms with Crippen LogP contribution in [0.1, 0.15) is 6.42 Å². The third-order valence-electron chi connectivity index (χ3n) is 3.49. The molecule has 0 aromatic rings. The maximum Gasteiger partial charge on any atom is 0.132 e. The molecule has 0 aromatic heterocycles. The van der Waals surface area contributed by atoms with Crippen molar-refractivity contribution in [1.29, 1.82) is 0 Å². The fraction of sp³-hybridized carbons (Fsp3) is 0.0714. The van der Waals surface area contributed by atoms with Crippen LogP contribution >= 0.6 is 0 Å². The van der Waals surface area contributed by atoms with E-state index in [4.69, 9.17) is 4.94 Å². The summed E-state index contributed by atoms with van der Waals surface area (Å²) in [5, 5.41) is 27.1. The number of hydrogen-bond donors (Lipinski definition) is 1. The van der Waals surface area contributed by atoms with Crippen LogP contribution in [0, 0.1) is 10.4 Å². The molecule has 0 saturated carbocycles. The lowest BCUT2D eigenvalue weighted by Crippen LogP contribution is -2.14. The van der Waals surface area contributed by atoms with E-state index < -0.39 is 0 Å². The lowest BCUT2D eigenvalue weighted by atomic mass is 10.0. The van der Waals surface area contributed by atoms with Gasteiger partial charge < -0.3 is 10.4 Å². The number of allylic oxidation sites excluding steroid dienone is 9. The molecule has 0 unspecified atom stereocenters. The Morgan fingerprint density at radius 3 is 2.95 bits per heavy atom. The first-order valence-electron chi connectivity index (χ1n) is 6.55. The number of fused-ring (bicyclic) bond motifs is 1. The molecule has 0 fully saturated rings. The third-order valence-corrected chi connectivity index (χ3v) is 3.49. The van der Waals surface area contributed by atoms with Crippen molar-refractivity contribution in [2.45, 2.75) is 6.42 Å². The summed E-state index contributed by atoms with van der Waals surface area (Å²) >= 11 is 0. The van der Waals surface area contributed by atoms with E-state index in [0.29, 0.717) is 17.8 Å². The molecule has 2 heterocycles. The van der Waals surface area contributed by atoms with Crippen LogP contribution in [-0.2, 0) is 9.88 Å². The minimum Gasteiger partial charge on any atom is -0.732 e. The maximum absolute atomic E-state index is 11.5. The van der Waals surface area contributed by atoms with Crippen LogP contribution in [0.15, 0.2) is 75.9 Å². The van der Waals surface area contributed by atoms with Crippen LogP contribution in [0.3, 0.4) is 0 Å². The number of hydrogen-bond acceptors (Lipinski definition) is 8. The molecule has 0 bridgehead atoms. The summed E-state index contributed by atoms with van der Waals surface area (Å²) < 4.78 is 0. The van der Waals surface area contributed by atoms with E-state index in [0.717, 1.165) is 16.8 Å². The Morgan fingerprint density at radius 1 is 1.14 bits per heavy atom. The van der Waals surface area contributed by atoms with Gasteiger partial charge in [0.15, 0.2) is 0 Å². The number of nitrogens with zero attached hydrogens (tertiary/aromatic N) is 3. The molecule has 112 valence electrons.